The minimum absolute atomic E-state index is 0.00618. The first-order valence-electron chi connectivity index (χ1n) is 14.8. The van der Waals surface area contributed by atoms with Crippen LogP contribution in [0.3, 0.4) is 0 Å². The number of nitrogens with one attached hydrogen (secondary N) is 2. The highest BCUT2D eigenvalue weighted by molar-refractivity contribution is 5.98. The quantitative estimate of drug-likeness (QED) is 0.420. The van der Waals surface area contributed by atoms with Crippen LogP contribution in [0.5, 0.6) is 5.88 Å². The van der Waals surface area contributed by atoms with Gasteiger partial charge in [-0.2, -0.15) is 8.78 Å². The predicted molar refractivity (Wildman–Crippen MR) is 155 cm³/mol. The second-order valence-corrected chi connectivity index (χ2v) is 11.5. The number of aromatic nitrogens is 1. The topological polar surface area (TPSA) is 104 Å². The van der Waals surface area contributed by atoms with E-state index in [1.807, 2.05) is 18.9 Å². The van der Waals surface area contributed by atoms with Crippen LogP contribution in [0.1, 0.15) is 62.5 Å². The first kappa shape index (κ1) is 32.2. The normalized spacial score (nSPS) is 18.0. The lowest BCUT2D eigenvalue weighted by Crippen LogP contribution is -2.52. The van der Waals surface area contributed by atoms with Gasteiger partial charge >= 0.3 is 5.92 Å². The third kappa shape index (κ3) is 8.04. The molecule has 0 radical (unpaired) electrons. The molecule has 2 N–H and O–H groups in total. The van der Waals surface area contributed by atoms with Crippen LogP contribution in [0.25, 0.3) is 0 Å². The summed E-state index contributed by atoms with van der Waals surface area (Å²) in [5.41, 5.74) is -0.175. The van der Waals surface area contributed by atoms with E-state index in [1.54, 1.807) is 6.07 Å². The van der Waals surface area contributed by atoms with Crippen molar-refractivity contribution in [1.29, 1.82) is 0 Å². The number of amides is 3. The van der Waals surface area contributed by atoms with Crippen LogP contribution in [0.15, 0.2) is 36.5 Å². The van der Waals surface area contributed by atoms with E-state index in [1.165, 1.54) is 25.3 Å². The molecule has 4 rings (SSSR count). The van der Waals surface area contributed by atoms with Gasteiger partial charge in [0.25, 0.3) is 5.91 Å². The Labute approximate surface area is 250 Å². The number of pyridine rings is 1. The van der Waals surface area contributed by atoms with Gasteiger partial charge in [0, 0.05) is 50.4 Å². The monoisotopic (exact) mass is 603 g/mol. The molecule has 1 aliphatic heterocycles. The maximum atomic E-state index is 15.2. The smallest absolute Gasteiger partial charge is 0.351 e. The summed E-state index contributed by atoms with van der Waals surface area (Å²) in [6, 6.07) is 5.28. The minimum Gasteiger partial charge on any atom is -0.481 e. The Morgan fingerprint density at radius 1 is 1.07 bits per heavy atom. The van der Waals surface area contributed by atoms with Crippen molar-refractivity contribution in [3.05, 3.63) is 53.5 Å². The Morgan fingerprint density at radius 2 is 1.77 bits per heavy atom. The fourth-order valence-corrected chi connectivity index (χ4v) is 5.63. The number of benzene rings is 1. The first-order valence-corrected chi connectivity index (χ1v) is 14.8. The summed E-state index contributed by atoms with van der Waals surface area (Å²) >= 11 is 0. The maximum absolute atomic E-state index is 15.2. The minimum atomic E-state index is -3.96. The maximum Gasteiger partial charge on any atom is 0.351 e. The number of methoxy groups -OCH3 is 1. The molecule has 2 aliphatic rings. The molecule has 2 fully saturated rings. The molecule has 1 saturated carbocycles. The van der Waals surface area contributed by atoms with E-state index in [2.05, 4.69) is 20.5 Å². The number of ether oxygens (including phenoxy) is 1. The number of carbonyl (C=O) groups excluding carboxylic acids is 3. The Kier molecular flexibility index (Phi) is 10.6. The van der Waals surface area contributed by atoms with Crippen molar-refractivity contribution >= 4 is 23.4 Å². The van der Waals surface area contributed by atoms with Crippen molar-refractivity contribution in [2.24, 2.45) is 5.92 Å². The van der Waals surface area contributed by atoms with Gasteiger partial charge in [-0.25, -0.2) is 9.37 Å². The largest absolute Gasteiger partial charge is 0.481 e. The second-order valence-electron chi connectivity index (χ2n) is 11.5. The van der Waals surface area contributed by atoms with Gasteiger partial charge < -0.3 is 25.2 Å². The Hall–Kier alpha value is -3.67. The van der Waals surface area contributed by atoms with Gasteiger partial charge in [0.2, 0.25) is 17.7 Å². The molecule has 12 heteroatoms. The van der Waals surface area contributed by atoms with E-state index in [9.17, 15) is 14.4 Å². The van der Waals surface area contributed by atoms with E-state index in [4.69, 9.17) is 4.74 Å². The van der Waals surface area contributed by atoms with E-state index in [0.29, 0.717) is 31.5 Å². The zero-order chi connectivity index (χ0) is 31.1. The Balaban J connectivity index is 1.44. The lowest BCUT2D eigenvalue weighted by Gasteiger charge is -2.33. The summed E-state index contributed by atoms with van der Waals surface area (Å²) in [4.78, 5) is 46.7. The SMILES string of the molecule is COc1ccc(C(F)(F)C(=O)N[C@H](C(=O)Nc2ccc([C@H](C)CC(=O)N3CCN(C)CC3)cc2F)C2CCCCC2)cn1. The molecule has 0 spiro atoms. The lowest BCUT2D eigenvalue weighted by atomic mass is 9.83. The summed E-state index contributed by atoms with van der Waals surface area (Å²) in [5, 5.41) is 4.75. The number of hydrogen-bond donors (Lipinski definition) is 2. The van der Waals surface area contributed by atoms with Crippen molar-refractivity contribution in [2.45, 2.75) is 63.3 Å². The van der Waals surface area contributed by atoms with Crippen LogP contribution >= 0.6 is 0 Å². The van der Waals surface area contributed by atoms with E-state index in [0.717, 1.165) is 44.6 Å². The number of nitrogens with zero attached hydrogens (tertiary/aromatic N) is 3. The Bertz CT molecular complexity index is 1280. The van der Waals surface area contributed by atoms with Crippen molar-refractivity contribution in [2.75, 3.05) is 45.7 Å². The zero-order valence-corrected chi connectivity index (χ0v) is 24.9. The second kappa shape index (κ2) is 14.2. The van der Waals surface area contributed by atoms with Crippen LogP contribution < -0.4 is 15.4 Å². The average Bonchev–Trinajstić information content (AvgIpc) is 3.01. The first-order chi connectivity index (χ1) is 20.5. The highest BCUT2D eigenvalue weighted by Crippen LogP contribution is 2.32. The number of alkyl halides is 2. The molecule has 1 aromatic carbocycles. The number of halogens is 3. The molecule has 9 nitrogen and oxygen atoms in total. The Morgan fingerprint density at radius 3 is 2.37 bits per heavy atom. The number of likely N-dealkylation sites (N-methyl/N-ethyl adjacent to an activating group) is 1. The summed E-state index contributed by atoms with van der Waals surface area (Å²) in [7, 11) is 3.35. The van der Waals surface area contributed by atoms with E-state index in [-0.39, 0.29) is 35.7 Å². The van der Waals surface area contributed by atoms with Crippen LogP contribution in [0.2, 0.25) is 0 Å². The molecule has 2 heterocycles. The summed E-state index contributed by atoms with van der Waals surface area (Å²) < 4.78 is 50.3. The molecule has 1 aromatic heterocycles. The molecule has 2 atom stereocenters. The number of rotatable bonds is 10. The molecular formula is C31H40F3N5O4. The van der Waals surface area contributed by atoms with E-state index < -0.39 is 35.2 Å². The van der Waals surface area contributed by atoms with Gasteiger partial charge in [-0.15, -0.1) is 0 Å². The fraction of sp³-hybridized carbons (Fsp3) is 0.548. The van der Waals surface area contributed by atoms with Gasteiger partial charge in [0.05, 0.1) is 12.8 Å². The lowest BCUT2D eigenvalue weighted by molar-refractivity contribution is -0.149. The molecule has 0 unspecified atom stereocenters. The number of piperazine rings is 1. The third-order valence-electron chi connectivity index (χ3n) is 8.44. The van der Waals surface area contributed by atoms with Gasteiger partial charge in [-0.3, -0.25) is 14.4 Å². The van der Waals surface area contributed by atoms with Crippen LogP contribution in [0, 0.1) is 11.7 Å². The number of hydrogen-bond acceptors (Lipinski definition) is 6. The third-order valence-corrected chi connectivity index (χ3v) is 8.44. The van der Waals surface area contributed by atoms with Crippen molar-refractivity contribution in [3.8, 4) is 5.88 Å². The molecule has 43 heavy (non-hydrogen) atoms. The molecule has 2 aromatic rings. The molecule has 234 valence electrons. The zero-order valence-electron chi connectivity index (χ0n) is 24.9. The fourth-order valence-electron chi connectivity index (χ4n) is 5.63. The summed E-state index contributed by atoms with van der Waals surface area (Å²) in [6.45, 7) is 4.77. The molecular weight excluding hydrogens is 563 g/mol. The van der Waals surface area contributed by atoms with Crippen LogP contribution in [-0.4, -0.2) is 78.9 Å². The summed E-state index contributed by atoms with van der Waals surface area (Å²) in [6.07, 6.45) is 4.72. The van der Waals surface area contributed by atoms with Crippen molar-refractivity contribution in [3.63, 3.8) is 0 Å². The summed E-state index contributed by atoms with van der Waals surface area (Å²) in [5.74, 6) is -7.60. The van der Waals surface area contributed by atoms with Gasteiger partial charge in [-0.1, -0.05) is 32.3 Å². The highest BCUT2D eigenvalue weighted by atomic mass is 19.3. The van der Waals surface area contributed by atoms with Gasteiger partial charge in [0.15, 0.2) is 0 Å². The highest BCUT2D eigenvalue weighted by Gasteiger charge is 2.44. The number of carbonyl (C=O) groups is 3. The standard InChI is InChI=1S/C31H40F3N5O4/c1-20(17-27(40)39-15-13-38(2)14-16-39)22-9-11-25(24(32)18-22)36-29(41)28(21-7-5-4-6-8-21)37-30(42)31(33,34)23-10-12-26(43-3)35-19-23/h9-12,18-21,28H,4-8,13-17H2,1-3H3,(H,36,41)(H,37,42)/t20-,28+/m1/s1. The van der Waals surface area contributed by atoms with Crippen LogP contribution in [0.4, 0.5) is 18.9 Å². The van der Waals surface area contributed by atoms with Gasteiger partial charge in [-0.05, 0) is 55.5 Å². The van der Waals surface area contributed by atoms with E-state index >= 15 is 13.2 Å². The molecule has 1 aliphatic carbocycles. The molecule has 1 saturated heterocycles. The van der Waals surface area contributed by atoms with Gasteiger partial charge in [0.1, 0.15) is 11.9 Å². The molecule has 3 amide bonds. The predicted octanol–water partition coefficient (Wildman–Crippen LogP) is 4.29. The average molecular weight is 604 g/mol. The van der Waals surface area contributed by atoms with Crippen molar-refractivity contribution < 1.29 is 32.3 Å². The molecule has 0 bridgehead atoms. The van der Waals surface area contributed by atoms with Crippen LogP contribution in [-0.2, 0) is 20.3 Å². The number of anilines is 1. The van der Waals surface area contributed by atoms with Crippen molar-refractivity contribution in [1.82, 2.24) is 20.1 Å².